The fourth-order valence-corrected chi connectivity index (χ4v) is 8.60. The van der Waals surface area contributed by atoms with Crippen molar-refractivity contribution in [2.45, 2.75) is 42.0 Å². The van der Waals surface area contributed by atoms with Gasteiger partial charge in [-0.25, -0.2) is 5.84 Å². The van der Waals surface area contributed by atoms with Crippen molar-refractivity contribution in [2.75, 3.05) is 0 Å². The Bertz CT molecular complexity index is 955. The smallest absolute Gasteiger partial charge is 0.293 e. The van der Waals surface area contributed by atoms with Crippen LogP contribution in [0, 0.1) is 17.8 Å². The average molecular weight is 422 g/mol. The predicted octanol–water partition coefficient (Wildman–Crippen LogP) is 3.21. The number of nitrogens with one attached hydrogen (secondary N) is 1. The van der Waals surface area contributed by atoms with Crippen LogP contribution in [0.5, 0.6) is 0 Å². The molecule has 27 heavy (non-hydrogen) atoms. The summed E-state index contributed by atoms with van der Waals surface area (Å²) in [7, 11) is 0. The van der Waals surface area contributed by atoms with Crippen molar-refractivity contribution < 1.29 is 4.79 Å². The van der Waals surface area contributed by atoms with Gasteiger partial charge in [-0.3, -0.25) is 19.6 Å². The molecule has 5 rings (SSSR count). The maximum atomic E-state index is 12.7. The van der Waals surface area contributed by atoms with Gasteiger partial charge in [-0.05, 0) is 54.7 Å². The molecule has 2 bridgehead atoms. The van der Waals surface area contributed by atoms with Crippen LogP contribution < -0.4 is 16.1 Å². The van der Waals surface area contributed by atoms with Gasteiger partial charge >= 0.3 is 4.87 Å². The van der Waals surface area contributed by atoms with Crippen LogP contribution in [0.1, 0.15) is 35.6 Å². The van der Waals surface area contributed by atoms with Gasteiger partial charge in [0.05, 0.1) is 5.03 Å². The summed E-state index contributed by atoms with van der Waals surface area (Å²) in [5.74, 6) is 7.09. The molecule has 0 saturated heterocycles. The highest BCUT2D eigenvalue weighted by Gasteiger charge is 2.55. The number of nitrogens with zero attached hydrogens (tertiary/aromatic N) is 1. The fraction of sp³-hybridized carbons (Fsp3) is 0.474. The van der Waals surface area contributed by atoms with Gasteiger partial charge in [-0.1, -0.05) is 35.1 Å². The van der Waals surface area contributed by atoms with E-state index in [1.165, 1.54) is 36.2 Å². The molecule has 1 aromatic carbocycles. The lowest BCUT2D eigenvalue weighted by molar-refractivity contribution is -0.121. The Morgan fingerprint density at radius 1 is 1.26 bits per heavy atom. The zero-order valence-electron chi connectivity index (χ0n) is 14.6. The van der Waals surface area contributed by atoms with E-state index in [1.807, 2.05) is 23.9 Å². The molecule has 3 N–H and O–H groups in total. The molecule has 8 heteroatoms. The lowest BCUT2D eigenvalue weighted by atomic mass is 9.75. The second-order valence-electron chi connectivity index (χ2n) is 7.71. The van der Waals surface area contributed by atoms with E-state index in [9.17, 15) is 9.59 Å². The highest BCUT2D eigenvalue weighted by atomic mass is 35.5. The molecular weight excluding hydrogens is 402 g/mol. The first-order valence-corrected chi connectivity index (χ1v) is 11.3. The van der Waals surface area contributed by atoms with E-state index in [4.69, 9.17) is 17.4 Å². The molecule has 1 amide bonds. The number of thioether (sulfide) groups is 1. The monoisotopic (exact) mass is 421 g/mol. The molecule has 2 fully saturated rings. The topological polar surface area (TPSA) is 77.1 Å². The van der Waals surface area contributed by atoms with Crippen LogP contribution in [-0.2, 0) is 11.3 Å². The second-order valence-corrected chi connectivity index (χ2v) is 10.3. The molecule has 142 valence electrons. The standard InChI is InChI=1S/C19H20ClN3O2S2/c20-12-5-3-9(4-6-12)14-15-10-1-2-11(7-10)16(15)26-18-17(14)27-19(25)23(18)8-13(24)22-21/h3-6,10-11,14-16H,1-2,7-8,21H2,(H,22,24)/t10-,11-,14+,15-,16-/m1/s1. The van der Waals surface area contributed by atoms with Crippen LogP contribution >= 0.6 is 34.7 Å². The highest BCUT2D eigenvalue weighted by Crippen LogP contribution is 2.63. The number of benzene rings is 1. The summed E-state index contributed by atoms with van der Waals surface area (Å²) in [6.45, 7) is -0.0208. The number of amides is 1. The van der Waals surface area contributed by atoms with Crippen LogP contribution in [0.4, 0.5) is 0 Å². The minimum Gasteiger partial charge on any atom is -0.293 e. The van der Waals surface area contributed by atoms with Crippen molar-refractivity contribution in [1.29, 1.82) is 0 Å². The summed E-state index contributed by atoms with van der Waals surface area (Å²) >= 11 is 9.22. The van der Waals surface area contributed by atoms with Gasteiger partial charge < -0.3 is 0 Å². The van der Waals surface area contributed by atoms with Crippen molar-refractivity contribution >= 4 is 40.6 Å². The molecule has 2 aliphatic carbocycles. The number of fused-ring (bicyclic) bond motifs is 6. The number of hydrogen-bond acceptors (Lipinski definition) is 5. The van der Waals surface area contributed by atoms with Crippen LogP contribution in [0.3, 0.4) is 0 Å². The summed E-state index contributed by atoms with van der Waals surface area (Å²) < 4.78 is 1.61. The Morgan fingerprint density at radius 3 is 2.74 bits per heavy atom. The number of thiazole rings is 1. The van der Waals surface area contributed by atoms with Crippen LogP contribution in [-0.4, -0.2) is 15.7 Å². The molecule has 5 nitrogen and oxygen atoms in total. The van der Waals surface area contributed by atoms with Crippen molar-refractivity contribution in [3.05, 3.63) is 49.4 Å². The summed E-state index contributed by atoms with van der Waals surface area (Å²) in [5.41, 5.74) is 3.36. The van der Waals surface area contributed by atoms with E-state index in [0.717, 1.165) is 20.8 Å². The van der Waals surface area contributed by atoms with Gasteiger partial charge in [-0.15, -0.1) is 11.8 Å². The third-order valence-electron chi connectivity index (χ3n) is 6.38. The van der Waals surface area contributed by atoms with Gasteiger partial charge in [-0.2, -0.15) is 0 Å². The molecule has 0 spiro atoms. The zero-order chi connectivity index (χ0) is 18.7. The third-order valence-corrected chi connectivity index (χ3v) is 9.46. The highest BCUT2D eigenvalue weighted by molar-refractivity contribution is 8.00. The predicted molar refractivity (Wildman–Crippen MR) is 108 cm³/mol. The summed E-state index contributed by atoms with van der Waals surface area (Å²) in [5, 5.41) is 2.19. The molecule has 2 aromatic rings. The molecule has 3 aliphatic rings. The molecule has 1 aromatic heterocycles. The van der Waals surface area contributed by atoms with E-state index in [-0.39, 0.29) is 23.2 Å². The first-order valence-electron chi connectivity index (χ1n) is 9.22. The van der Waals surface area contributed by atoms with Gasteiger partial charge in [0.15, 0.2) is 0 Å². The number of nitrogens with two attached hydrogens (primary N) is 1. The maximum absolute atomic E-state index is 12.7. The lowest BCUT2D eigenvalue weighted by Gasteiger charge is -2.40. The number of carbonyl (C=O) groups excluding carboxylic acids is 1. The number of carbonyl (C=O) groups is 1. The number of halogens is 1. The van der Waals surface area contributed by atoms with Crippen LogP contribution in [0.25, 0.3) is 0 Å². The van der Waals surface area contributed by atoms with E-state index in [0.29, 0.717) is 17.1 Å². The summed E-state index contributed by atoms with van der Waals surface area (Å²) in [6, 6.07) is 8.05. The Morgan fingerprint density at radius 2 is 2.00 bits per heavy atom. The Kier molecular flexibility index (Phi) is 4.39. The number of rotatable bonds is 3. The van der Waals surface area contributed by atoms with Gasteiger partial charge in [0.1, 0.15) is 6.54 Å². The third kappa shape index (κ3) is 2.78. The minimum absolute atomic E-state index is 0.0208. The Labute approximate surface area is 170 Å². The van der Waals surface area contributed by atoms with Gasteiger partial charge in [0.2, 0.25) is 0 Å². The normalized spacial score (nSPS) is 30.8. The van der Waals surface area contributed by atoms with Crippen molar-refractivity contribution in [1.82, 2.24) is 9.99 Å². The SMILES string of the molecule is NNC(=O)Cn1c2c(sc1=O)[C@@H](c1ccc(Cl)cc1)[C@H]1[C@@H]3CC[C@H](C3)[C@H]1S2. The molecule has 2 heterocycles. The molecular formula is C19H20ClN3O2S2. The lowest BCUT2D eigenvalue weighted by Crippen LogP contribution is -2.37. The zero-order valence-corrected chi connectivity index (χ0v) is 16.9. The van der Waals surface area contributed by atoms with Crippen LogP contribution in [0.15, 0.2) is 34.1 Å². The molecule has 2 saturated carbocycles. The Balaban J connectivity index is 1.65. The van der Waals surface area contributed by atoms with Crippen LogP contribution in [0.2, 0.25) is 5.02 Å². The molecule has 0 unspecified atom stereocenters. The van der Waals surface area contributed by atoms with E-state index in [1.54, 1.807) is 4.57 Å². The van der Waals surface area contributed by atoms with E-state index >= 15 is 0 Å². The van der Waals surface area contributed by atoms with E-state index < -0.39 is 0 Å². The molecule has 0 radical (unpaired) electrons. The average Bonchev–Trinajstić information content (AvgIpc) is 3.35. The number of hydrazine groups is 1. The van der Waals surface area contributed by atoms with Crippen molar-refractivity contribution in [2.24, 2.45) is 23.6 Å². The fourth-order valence-electron chi connectivity index (χ4n) is 5.32. The molecule has 5 atom stereocenters. The first-order chi connectivity index (χ1) is 13.1. The van der Waals surface area contributed by atoms with Crippen molar-refractivity contribution in [3.63, 3.8) is 0 Å². The number of hydrogen-bond donors (Lipinski definition) is 2. The minimum atomic E-state index is -0.351. The first kappa shape index (κ1) is 17.8. The van der Waals surface area contributed by atoms with Gasteiger partial charge in [0, 0.05) is 21.1 Å². The largest absolute Gasteiger partial charge is 0.308 e. The summed E-state index contributed by atoms with van der Waals surface area (Å²) in [6.07, 6.45) is 3.85. The van der Waals surface area contributed by atoms with E-state index in [2.05, 4.69) is 17.6 Å². The second kappa shape index (κ2) is 6.65. The summed E-state index contributed by atoms with van der Waals surface area (Å²) in [4.78, 5) is 25.6. The quantitative estimate of drug-likeness (QED) is 0.453. The Hall–Kier alpha value is -1.28. The van der Waals surface area contributed by atoms with Gasteiger partial charge in [0.25, 0.3) is 5.91 Å². The van der Waals surface area contributed by atoms with Crippen molar-refractivity contribution in [3.8, 4) is 0 Å². The molecule has 1 aliphatic heterocycles. The maximum Gasteiger partial charge on any atom is 0.308 e. The number of aromatic nitrogens is 1.